The summed E-state index contributed by atoms with van der Waals surface area (Å²) in [4.78, 5) is 12.1. The van der Waals surface area contributed by atoms with Crippen LogP contribution in [0.1, 0.15) is 82.5 Å². The summed E-state index contributed by atoms with van der Waals surface area (Å²) in [6.45, 7) is 6.71. The number of nitrogens with zero attached hydrogens (tertiary/aromatic N) is 2. The summed E-state index contributed by atoms with van der Waals surface area (Å²) in [7, 11) is 0. The van der Waals surface area contributed by atoms with E-state index in [0.29, 0.717) is 17.9 Å². The van der Waals surface area contributed by atoms with E-state index in [0.717, 1.165) is 67.5 Å². The highest BCUT2D eigenvalue weighted by atomic mass is 16.7. The number of hydroxylamine groups is 1. The SMILES string of the molecule is CC1=CC(C2CC(C3CC[C@]45O[C@]46CCC4C[C@@H](O)CC[C@]4(C)C6[C@H](O)[C@@H](O)[C@]35C)=NN2c2ccc(C(=O)NO)cc2)=CC2OCOC12. The van der Waals surface area contributed by atoms with Crippen LogP contribution in [0.3, 0.4) is 0 Å². The van der Waals surface area contributed by atoms with Gasteiger partial charge in [0.25, 0.3) is 5.91 Å². The number of hydrogen-bond donors (Lipinski definition) is 5. The molecule has 4 saturated carbocycles. The summed E-state index contributed by atoms with van der Waals surface area (Å²) in [6.07, 6.45) is 8.14. The van der Waals surface area contributed by atoms with Crippen LogP contribution >= 0.6 is 0 Å². The molecule has 3 heterocycles. The molecule has 11 heteroatoms. The van der Waals surface area contributed by atoms with Gasteiger partial charge in [-0.05, 0) is 105 Å². The van der Waals surface area contributed by atoms with Gasteiger partial charge in [0, 0.05) is 34.9 Å². The van der Waals surface area contributed by atoms with Crippen molar-refractivity contribution in [1.29, 1.82) is 0 Å². The van der Waals surface area contributed by atoms with Crippen molar-refractivity contribution >= 4 is 17.3 Å². The number of epoxide rings is 1. The van der Waals surface area contributed by atoms with Crippen molar-refractivity contribution in [3.05, 3.63) is 53.1 Å². The molecule has 1 amide bonds. The molecule has 2 saturated heterocycles. The van der Waals surface area contributed by atoms with Gasteiger partial charge in [-0.15, -0.1) is 0 Å². The van der Waals surface area contributed by atoms with E-state index in [4.69, 9.17) is 24.5 Å². The Labute approximate surface area is 280 Å². The number of amides is 1. The maximum absolute atomic E-state index is 12.3. The topological polar surface area (TPSA) is 157 Å². The summed E-state index contributed by atoms with van der Waals surface area (Å²) in [5.74, 6) is -0.565. The first-order valence-corrected chi connectivity index (χ1v) is 17.8. The third-order valence-corrected chi connectivity index (χ3v) is 14.5. The average Bonchev–Trinajstić information content (AvgIpc) is 3.45. The Morgan fingerprint density at radius 3 is 2.60 bits per heavy atom. The lowest BCUT2D eigenvalue weighted by Gasteiger charge is -2.60. The van der Waals surface area contributed by atoms with Gasteiger partial charge >= 0.3 is 0 Å². The largest absolute Gasteiger partial charge is 0.393 e. The predicted octanol–water partition coefficient (Wildman–Crippen LogP) is 3.60. The van der Waals surface area contributed by atoms with Crippen LogP contribution in [0.2, 0.25) is 0 Å². The van der Waals surface area contributed by atoms with Crippen LogP contribution in [0.25, 0.3) is 0 Å². The molecule has 2 spiro atoms. The van der Waals surface area contributed by atoms with E-state index in [9.17, 15) is 20.1 Å². The quantitative estimate of drug-likeness (QED) is 0.185. The van der Waals surface area contributed by atoms with Gasteiger partial charge in [0.05, 0.1) is 30.0 Å². The Morgan fingerprint density at radius 1 is 1.04 bits per heavy atom. The molecule has 0 aromatic heterocycles. The van der Waals surface area contributed by atoms with Crippen LogP contribution in [0.4, 0.5) is 5.69 Å². The number of fused-ring (bicyclic) bond motifs is 3. The maximum atomic E-state index is 12.3. The van der Waals surface area contributed by atoms with Gasteiger partial charge in [-0.3, -0.25) is 15.0 Å². The zero-order chi connectivity index (χ0) is 33.4. The van der Waals surface area contributed by atoms with Gasteiger partial charge in [0.15, 0.2) is 0 Å². The van der Waals surface area contributed by atoms with Crippen LogP contribution in [0.15, 0.2) is 52.7 Å². The Morgan fingerprint density at radius 2 is 1.83 bits per heavy atom. The number of nitrogens with one attached hydrogen (secondary N) is 1. The first-order valence-electron chi connectivity index (χ1n) is 17.8. The molecular weight excluding hydrogens is 614 g/mol. The molecule has 5 N–H and O–H groups in total. The number of ether oxygens (including phenoxy) is 3. The minimum atomic E-state index is -0.986. The second-order valence-electron chi connectivity index (χ2n) is 16.3. The average molecular weight is 662 g/mol. The van der Waals surface area contributed by atoms with Crippen molar-refractivity contribution in [2.24, 2.45) is 33.7 Å². The first-order chi connectivity index (χ1) is 23.0. The number of aliphatic hydroxyl groups excluding tert-OH is 3. The zero-order valence-electron chi connectivity index (χ0n) is 27.8. The first kappa shape index (κ1) is 31.3. The summed E-state index contributed by atoms with van der Waals surface area (Å²) >= 11 is 0. The Hall–Kier alpha value is -2.64. The molecule has 5 aliphatic carbocycles. The lowest BCUT2D eigenvalue weighted by Crippen LogP contribution is -2.69. The minimum absolute atomic E-state index is 0.103. The highest BCUT2D eigenvalue weighted by molar-refractivity contribution is 5.95. The third kappa shape index (κ3) is 3.89. The van der Waals surface area contributed by atoms with E-state index in [1.165, 1.54) is 0 Å². The van der Waals surface area contributed by atoms with Gasteiger partial charge in [-0.1, -0.05) is 19.9 Å². The van der Waals surface area contributed by atoms with Crippen molar-refractivity contribution in [3.63, 3.8) is 0 Å². The van der Waals surface area contributed by atoms with Crippen molar-refractivity contribution in [3.8, 4) is 0 Å². The van der Waals surface area contributed by atoms with Gasteiger partial charge < -0.3 is 29.5 Å². The monoisotopic (exact) mass is 661 g/mol. The van der Waals surface area contributed by atoms with E-state index in [-0.39, 0.29) is 48.4 Å². The smallest absolute Gasteiger partial charge is 0.274 e. The summed E-state index contributed by atoms with van der Waals surface area (Å²) in [5.41, 5.74) is 4.02. The molecule has 6 unspecified atom stereocenters. The molecule has 48 heavy (non-hydrogen) atoms. The lowest BCUT2D eigenvalue weighted by molar-refractivity contribution is -0.192. The van der Waals surface area contributed by atoms with Gasteiger partial charge in [-0.2, -0.15) is 5.10 Å². The van der Waals surface area contributed by atoms with Crippen LogP contribution < -0.4 is 10.5 Å². The number of anilines is 1. The van der Waals surface area contributed by atoms with Crippen LogP contribution in [-0.2, 0) is 14.2 Å². The fourth-order valence-electron chi connectivity index (χ4n) is 12.1. The molecule has 258 valence electrons. The van der Waals surface area contributed by atoms with Crippen molar-refractivity contribution in [1.82, 2.24) is 5.48 Å². The fraction of sp³-hybridized carbons (Fsp3) is 0.676. The number of hydrogen-bond acceptors (Lipinski definition) is 10. The molecular formula is C37H47N3O8. The second-order valence-corrected chi connectivity index (χ2v) is 16.3. The molecule has 1 aromatic carbocycles. The summed E-state index contributed by atoms with van der Waals surface area (Å²) < 4.78 is 18.8. The van der Waals surface area contributed by atoms with E-state index in [1.807, 2.05) is 17.1 Å². The minimum Gasteiger partial charge on any atom is -0.393 e. The van der Waals surface area contributed by atoms with E-state index < -0.39 is 34.7 Å². The third-order valence-electron chi connectivity index (χ3n) is 14.5. The Bertz CT molecular complexity index is 1630. The molecule has 0 radical (unpaired) electrons. The lowest BCUT2D eigenvalue weighted by atomic mass is 9.43. The van der Waals surface area contributed by atoms with Crippen LogP contribution in [0.5, 0.6) is 0 Å². The molecule has 1 aromatic rings. The number of carbonyl (C=O) groups is 1. The molecule has 3 aliphatic heterocycles. The summed E-state index contributed by atoms with van der Waals surface area (Å²) in [5, 5.41) is 51.5. The van der Waals surface area contributed by atoms with E-state index in [1.54, 1.807) is 17.6 Å². The normalized spacial score (nSPS) is 48.7. The summed E-state index contributed by atoms with van der Waals surface area (Å²) in [6, 6.07) is 6.85. The number of hydrazone groups is 1. The highest BCUT2D eigenvalue weighted by Gasteiger charge is 2.90. The van der Waals surface area contributed by atoms with Crippen molar-refractivity contribution < 1.29 is 39.5 Å². The standard InChI is InChI=1S/C37H47N3O8/c1-19-14-21(15-28-30(19)47-18-46-28)27-17-26(38-40(27)23-6-4-20(5-7-23)33(44)39-45)25-10-13-37-35(25,3)32(43)29(42)31-34(2)11-9-24(41)16-22(34)8-12-36(31,37)48-37/h4-7,14-15,22,24-25,27-32,41-43,45H,8-13,16-18H2,1-3H3,(H,39,44)/t22?,24-,25?,27?,28?,29-,30?,31?,32+,34-,35-,36-,37+/m0/s1. The number of carbonyl (C=O) groups excluding carboxylic acids is 1. The number of rotatable bonds is 4. The van der Waals surface area contributed by atoms with Gasteiger partial charge in [0.2, 0.25) is 0 Å². The molecule has 13 atom stereocenters. The zero-order valence-corrected chi connectivity index (χ0v) is 27.8. The van der Waals surface area contributed by atoms with E-state index in [2.05, 4.69) is 32.9 Å². The molecule has 11 nitrogen and oxygen atoms in total. The molecule has 9 rings (SSSR count). The predicted molar refractivity (Wildman–Crippen MR) is 174 cm³/mol. The van der Waals surface area contributed by atoms with Crippen molar-refractivity contribution in [2.75, 3.05) is 11.8 Å². The van der Waals surface area contributed by atoms with Crippen LogP contribution in [-0.4, -0.2) is 86.7 Å². The number of aliphatic hydroxyl groups is 3. The van der Waals surface area contributed by atoms with Gasteiger partial charge in [-0.25, -0.2) is 5.48 Å². The molecule has 8 aliphatic rings. The maximum Gasteiger partial charge on any atom is 0.274 e. The second kappa shape index (κ2) is 10.4. The van der Waals surface area contributed by atoms with Crippen LogP contribution in [0, 0.1) is 28.6 Å². The van der Waals surface area contributed by atoms with Gasteiger partial charge in [0.1, 0.15) is 30.2 Å². The van der Waals surface area contributed by atoms with Crippen molar-refractivity contribution in [2.45, 2.75) is 120 Å². The Kier molecular flexibility index (Phi) is 6.82. The van der Waals surface area contributed by atoms with E-state index >= 15 is 0 Å². The Balaban J connectivity index is 1.08. The number of benzene rings is 1. The molecule has 6 fully saturated rings. The molecule has 0 bridgehead atoms. The fourth-order valence-corrected chi connectivity index (χ4v) is 12.1. The highest BCUT2D eigenvalue weighted by Crippen LogP contribution is 2.81.